The average molecular weight is 517 g/mol. The fourth-order valence-electron chi connectivity index (χ4n) is 3.67. The second kappa shape index (κ2) is 12.0. The number of amides is 1. The number of anilines is 2. The quantitative estimate of drug-likeness (QED) is 0.394. The number of aliphatic hydroxyl groups excluding tert-OH is 1. The molecule has 0 spiro atoms. The summed E-state index contributed by atoms with van der Waals surface area (Å²) in [4.78, 5) is 27.6. The highest BCUT2D eigenvalue weighted by Gasteiger charge is 2.19. The van der Waals surface area contributed by atoms with Gasteiger partial charge in [0.25, 0.3) is 5.91 Å². The molecule has 3 N–H and O–H groups in total. The summed E-state index contributed by atoms with van der Waals surface area (Å²) in [7, 11) is 1.44. The first-order valence-corrected chi connectivity index (χ1v) is 11.7. The zero-order valence-electron chi connectivity index (χ0n) is 19.6. The Labute approximate surface area is 212 Å². The molecule has 190 valence electrons. The summed E-state index contributed by atoms with van der Waals surface area (Å²) < 4.78 is 25.0. The number of halogens is 2. The lowest BCUT2D eigenvalue weighted by molar-refractivity contribution is 0.0149. The van der Waals surface area contributed by atoms with Crippen molar-refractivity contribution in [3.8, 4) is 17.1 Å². The second-order valence-electron chi connectivity index (χ2n) is 8.06. The van der Waals surface area contributed by atoms with Crippen LogP contribution in [-0.4, -0.2) is 83.5 Å². The number of ether oxygens (including phenoxy) is 2. The Balaban J connectivity index is 1.50. The maximum absolute atomic E-state index is 14.4. The molecule has 4 rings (SSSR count). The Morgan fingerprint density at radius 3 is 2.89 bits per heavy atom. The number of rotatable bonds is 9. The number of carbonyl (C=O) groups is 1. The third-order valence-corrected chi connectivity index (χ3v) is 5.77. The predicted molar refractivity (Wildman–Crippen MR) is 132 cm³/mol. The van der Waals surface area contributed by atoms with Gasteiger partial charge in [0.15, 0.2) is 17.4 Å². The monoisotopic (exact) mass is 516 g/mol. The van der Waals surface area contributed by atoms with Crippen molar-refractivity contribution in [2.75, 3.05) is 51.8 Å². The minimum atomic E-state index is -0.739. The summed E-state index contributed by atoms with van der Waals surface area (Å²) in [6.07, 6.45) is 3.57. The van der Waals surface area contributed by atoms with Gasteiger partial charge in [0.2, 0.25) is 0 Å². The number of pyridine rings is 1. The number of aliphatic hydroxyl groups is 1. The van der Waals surface area contributed by atoms with E-state index in [1.807, 2.05) is 0 Å². The van der Waals surface area contributed by atoms with Gasteiger partial charge in [0.05, 0.1) is 49.4 Å². The van der Waals surface area contributed by atoms with Gasteiger partial charge in [-0.2, -0.15) is 0 Å². The summed E-state index contributed by atoms with van der Waals surface area (Å²) in [5.41, 5.74) is 0.738. The number of carbonyl (C=O) groups excluding carboxylic acids is 1. The maximum atomic E-state index is 14.4. The molecule has 1 fully saturated rings. The number of aromatic nitrogens is 3. The highest BCUT2D eigenvalue weighted by Crippen LogP contribution is 2.30. The summed E-state index contributed by atoms with van der Waals surface area (Å²) in [5.74, 6) is -0.375. The summed E-state index contributed by atoms with van der Waals surface area (Å²) >= 11 is 6.02. The number of β-amino-alcohol motifs (C(OH)–C–C–N with tert-alkyl or cyclic N) is 1. The smallest absolute Gasteiger partial charge is 0.255 e. The minimum Gasteiger partial charge on any atom is -0.491 e. The van der Waals surface area contributed by atoms with Crippen molar-refractivity contribution in [3.05, 3.63) is 59.3 Å². The van der Waals surface area contributed by atoms with Crippen molar-refractivity contribution in [1.82, 2.24) is 25.2 Å². The number of methoxy groups -OCH3 is 1. The first-order chi connectivity index (χ1) is 17.4. The van der Waals surface area contributed by atoms with Crippen LogP contribution in [0.25, 0.3) is 11.4 Å². The zero-order chi connectivity index (χ0) is 25.5. The van der Waals surface area contributed by atoms with E-state index in [9.17, 15) is 14.3 Å². The van der Waals surface area contributed by atoms with Gasteiger partial charge >= 0.3 is 0 Å². The molecule has 12 heteroatoms. The molecule has 1 aliphatic heterocycles. The summed E-state index contributed by atoms with van der Waals surface area (Å²) in [6.45, 7) is 3.24. The topological polar surface area (TPSA) is 122 Å². The van der Waals surface area contributed by atoms with Crippen molar-refractivity contribution in [3.63, 3.8) is 0 Å². The van der Waals surface area contributed by atoms with Gasteiger partial charge in [-0.3, -0.25) is 14.7 Å². The third-order valence-electron chi connectivity index (χ3n) is 5.53. The molecule has 2 aromatic heterocycles. The SMILES string of the molecule is COc1cnc(-c2cc(Cl)ccc2F)nc1Nc1ccncc1C(=O)NCC(O)CN1CCOCC1. The van der Waals surface area contributed by atoms with Crippen molar-refractivity contribution in [2.45, 2.75) is 6.10 Å². The molecule has 1 saturated heterocycles. The zero-order valence-corrected chi connectivity index (χ0v) is 20.3. The van der Waals surface area contributed by atoms with Gasteiger partial charge in [-0.05, 0) is 24.3 Å². The van der Waals surface area contributed by atoms with E-state index in [0.717, 1.165) is 13.1 Å². The van der Waals surface area contributed by atoms with Gasteiger partial charge in [-0.25, -0.2) is 14.4 Å². The molecule has 0 aliphatic carbocycles. The van der Waals surface area contributed by atoms with Crippen LogP contribution in [0.4, 0.5) is 15.9 Å². The standard InChI is InChI=1S/C24H26ClFN6O4/c1-35-21-13-28-22(17-10-15(25)2-3-19(17)26)31-23(21)30-20-4-5-27-12-18(20)24(34)29-11-16(33)14-32-6-8-36-9-7-32/h2-5,10,12-13,16,33H,6-9,11,14H2,1H3,(H,29,34)(H,27,28,30,31). The molecule has 3 aromatic rings. The van der Waals surface area contributed by atoms with Crippen LogP contribution in [0.2, 0.25) is 5.02 Å². The van der Waals surface area contributed by atoms with Crippen molar-refractivity contribution in [2.24, 2.45) is 0 Å². The van der Waals surface area contributed by atoms with E-state index in [1.165, 1.54) is 43.9 Å². The largest absolute Gasteiger partial charge is 0.491 e. The van der Waals surface area contributed by atoms with Crippen LogP contribution in [0.3, 0.4) is 0 Å². The summed E-state index contributed by atoms with van der Waals surface area (Å²) in [6, 6.07) is 5.69. The van der Waals surface area contributed by atoms with Crippen LogP contribution in [0.5, 0.6) is 5.75 Å². The van der Waals surface area contributed by atoms with E-state index in [1.54, 1.807) is 6.07 Å². The van der Waals surface area contributed by atoms with Gasteiger partial charge in [-0.15, -0.1) is 0 Å². The van der Waals surface area contributed by atoms with Gasteiger partial charge in [0.1, 0.15) is 5.82 Å². The minimum absolute atomic E-state index is 0.0690. The third kappa shape index (κ3) is 6.43. The molecule has 10 nitrogen and oxygen atoms in total. The molecule has 36 heavy (non-hydrogen) atoms. The molecule has 1 atom stereocenters. The van der Waals surface area contributed by atoms with Gasteiger partial charge in [-0.1, -0.05) is 11.6 Å². The second-order valence-corrected chi connectivity index (χ2v) is 8.49. The molecule has 1 unspecified atom stereocenters. The van der Waals surface area contributed by atoms with Crippen LogP contribution >= 0.6 is 11.6 Å². The maximum Gasteiger partial charge on any atom is 0.255 e. The van der Waals surface area contributed by atoms with Gasteiger partial charge < -0.3 is 25.2 Å². The Hall–Kier alpha value is -3.38. The van der Waals surface area contributed by atoms with Crippen LogP contribution in [-0.2, 0) is 4.74 Å². The fourth-order valence-corrected chi connectivity index (χ4v) is 3.84. The van der Waals surface area contributed by atoms with E-state index in [0.29, 0.717) is 30.5 Å². The Morgan fingerprint density at radius 2 is 2.11 bits per heavy atom. The van der Waals surface area contributed by atoms with Crippen LogP contribution < -0.4 is 15.4 Å². The highest BCUT2D eigenvalue weighted by molar-refractivity contribution is 6.30. The van der Waals surface area contributed by atoms with Crippen LogP contribution in [0.15, 0.2) is 42.9 Å². The van der Waals surface area contributed by atoms with E-state index in [2.05, 4.69) is 30.5 Å². The van der Waals surface area contributed by atoms with Crippen molar-refractivity contribution >= 4 is 29.0 Å². The molecular weight excluding hydrogens is 491 g/mol. The molecule has 0 bridgehead atoms. The van der Waals surface area contributed by atoms with E-state index < -0.39 is 17.8 Å². The Morgan fingerprint density at radius 1 is 1.31 bits per heavy atom. The number of benzene rings is 1. The van der Waals surface area contributed by atoms with Gasteiger partial charge in [0, 0.05) is 43.6 Å². The average Bonchev–Trinajstić information content (AvgIpc) is 2.89. The molecule has 1 aromatic carbocycles. The molecule has 1 aliphatic rings. The molecule has 0 radical (unpaired) electrons. The van der Waals surface area contributed by atoms with E-state index >= 15 is 0 Å². The van der Waals surface area contributed by atoms with Crippen molar-refractivity contribution in [1.29, 1.82) is 0 Å². The van der Waals surface area contributed by atoms with E-state index in [4.69, 9.17) is 21.1 Å². The number of nitrogens with one attached hydrogen (secondary N) is 2. The van der Waals surface area contributed by atoms with Crippen LogP contribution in [0, 0.1) is 5.82 Å². The number of hydrogen-bond acceptors (Lipinski definition) is 9. The lowest BCUT2D eigenvalue weighted by Gasteiger charge is -2.28. The first-order valence-electron chi connectivity index (χ1n) is 11.3. The summed E-state index contributed by atoms with van der Waals surface area (Å²) in [5, 5.41) is 16.5. The predicted octanol–water partition coefficient (Wildman–Crippen LogP) is 2.51. The number of hydrogen-bond donors (Lipinski definition) is 3. The molecule has 0 saturated carbocycles. The van der Waals surface area contributed by atoms with Crippen molar-refractivity contribution < 1.29 is 23.8 Å². The Kier molecular flexibility index (Phi) is 8.60. The number of morpholine rings is 1. The molecule has 1 amide bonds. The molecule has 3 heterocycles. The van der Waals surface area contributed by atoms with Crippen LogP contribution in [0.1, 0.15) is 10.4 Å². The lowest BCUT2D eigenvalue weighted by Crippen LogP contribution is -2.44. The fraction of sp³-hybridized carbons (Fsp3) is 0.333. The normalized spacial score (nSPS) is 14.8. The first kappa shape index (κ1) is 25.7. The Bertz CT molecular complexity index is 1210. The lowest BCUT2D eigenvalue weighted by atomic mass is 10.2. The highest BCUT2D eigenvalue weighted by atomic mass is 35.5. The van der Waals surface area contributed by atoms with E-state index in [-0.39, 0.29) is 35.1 Å². The molecular formula is C24H26ClFN6O4. The number of nitrogens with zero attached hydrogens (tertiary/aromatic N) is 4.